The summed E-state index contributed by atoms with van der Waals surface area (Å²) >= 11 is 0. The second-order valence-electron chi connectivity index (χ2n) is 19.9. The van der Waals surface area contributed by atoms with Gasteiger partial charge in [0.15, 0.2) is 6.29 Å². The number of esters is 1. The third-order valence-corrected chi connectivity index (χ3v) is 13.8. The van der Waals surface area contributed by atoms with E-state index < -0.39 is 59.8 Å². The van der Waals surface area contributed by atoms with Crippen LogP contribution >= 0.6 is 0 Å². The Morgan fingerprint density at radius 2 is 0.957 bits per heavy atom. The first-order valence-corrected chi connectivity index (χ1v) is 30.0. The number of carbonyl (C=O) groups excluding carboxylic acids is 1. The first-order valence-electron chi connectivity index (χ1n) is 28.6. The van der Waals surface area contributed by atoms with Gasteiger partial charge >= 0.3 is 16.4 Å². The van der Waals surface area contributed by atoms with Crippen LogP contribution in [0.2, 0.25) is 0 Å². The topological polar surface area (TPSA) is 178 Å². The van der Waals surface area contributed by atoms with Crippen LogP contribution in [0.3, 0.4) is 0 Å². The molecule has 4 N–H and O–H groups in total. The van der Waals surface area contributed by atoms with E-state index in [0.29, 0.717) is 13.0 Å². The molecule has 0 aromatic rings. The van der Waals surface area contributed by atoms with Gasteiger partial charge in [0.05, 0.1) is 19.8 Å². The minimum Gasteiger partial charge on any atom is -0.457 e. The van der Waals surface area contributed by atoms with Crippen LogP contribution in [0, 0.1) is 0 Å². The molecule has 0 radical (unpaired) electrons. The van der Waals surface area contributed by atoms with E-state index in [1.165, 1.54) is 193 Å². The third kappa shape index (κ3) is 40.7. The van der Waals surface area contributed by atoms with Crippen molar-refractivity contribution in [2.24, 2.45) is 0 Å². The summed E-state index contributed by atoms with van der Waals surface area (Å²) in [6.45, 7) is 4.04. The lowest BCUT2D eigenvalue weighted by atomic mass is 9.99. The zero-order valence-corrected chi connectivity index (χ0v) is 45.0. The number of unbranched alkanes of at least 4 members (excludes halogenated alkanes) is 34. The summed E-state index contributed by atoms with van der Waals surface area (Å²) in [5.74, 6) is -0.394. The predicted molar refractivity (Wildman–Crippen MR) is 281 cm³/mol. The molecule has 1 aliphatic heterocycles. The Labute approximate surface area is 422 Å². The van der Waals surface area contributed by atoms with E-state index in [2.05, 4.69) is 42.3 Å². The highest BCUT2D eigenvalue weighted by atomic mass is 32.3. The minimum absolute atomic E-state index is 0.0413. The number of hydrogen-bond acceptors (Lipinski definition) is 11. The quantitative estimate of drug-likeness (QED) is 0.0196. The largest absolute Gasteiger partial charge is 0.457 e. The fourth-order valence-corrected chi connectivity index (χ4v) is 9.51. The Bertz CT molecular complexity index is 1300. The minimum atomic E-state index is -5.06. The van der Waals surface area contributed by atoms with Crippen molar-refractivity contribution >= 4 is 16.4 Å². The van der Waals surface area contributed by atoms with Crippen molar-refractivity contribution in [1.82, 2.24) is 0 Å². The highest BCUT2D eigenvalue weighted by molar-refractivity contribution is 7.80. The van der Waals surface area contributed by atoms with Gasteiger partial charge in [-0.2, -0.15) is 8.42 Å². The van der Waals surface area contributed by atoms with E-state index in [1.54, 1.807) is 0 Å². The maximum absolute atomic E-state index is 13.0. The van der Waals surface area contributed by atoms with Gasteiger partial charge < -0.3 is 34.3 Å². The summed E-state index contributed by atoms with van der Waals surface area (Å²) in [4.78, 5) is 13.0. The fraction of sp³-hybridized carbons (Fsp3) is 0.911. The molecule has 408 valence electrons. The van der Waals surface area contributed by atoms with Gasteiger partial charge in [-0.25, -0.2) is 4.18 Å². The zero-order valence-electron chi connectivity index (χ0n) is 44.1. The maximum atomic E-state index is 13.0. The van der Waals surface area contributed by atoms with E-state index in [1.807, 2.05) is 0 Å². The number of ether oxygens (including phenoxy) is 4. The van der Waals surface area contributed by atoms with Crippen LogP contribution in [0.15, 0.2) is 24.3 Å². The molecule has 12 nitrogen and oxygen atoms in total. The molecule has 1 heterocycles. The van der Waals surface area contributed by atoms with Crippen molar-refractivity contribution in [2.75, 3.05) is 26.4 Å². The first kappa shape index (κ1) is 65.6. The molecular weight excluding hydrogens is 897 g/mol. The summed E-state index contributed by atoms with van der Waals surface area (Å²) in [6, 6.07) is 0. The molecule has 0 aromatic heterocycles. The van der Waals surface area contributed by atoms with Crippen LogP contribution < -0.4 is 0 Å². The highest BCUT2D eigenvalue weighted by Gasteiger charge is 2.48. The molecule has 0 saturated carbocycles. The van der Waals surface area contributed by atoms with E-state index in [4.69, 9.17) is 18.9 Å². The predicted octanol–water partition coefficient (Wildman–Crippen LogP) is 13.9. The standard InChI is InChI=1S/C56H106O12S/c1-3-5-7-9-11-13-15-17-19-21-22-23-24-25-26-27-28-29-31-33-35-37-39-41-43-45-52(58)66-50(49-65-56-54(60)55(68-69(61,62)63)53(59)51(47-57)67-56)48-64-46-44-42-40-38-36-34-32-30-20-18-16-14-12-10-8-6-4-2/h15,17,21-22,50-51,53-57,59-60H,3-14,16,18-20,23-49H2,1-2H3,(H,61,62,63)/b17-15-,22-21-. The van der Waals surface area contributed by atoms with Crippen molar-refractivity contribution in [1.29, 1.82) is 0 Å². The molecule has 6 atom stereocenters. The normalized spacial score (nSPS) is 19.3. The van der Waals surface area contributed by atoms with Gasteiger partial charge in [-0.1, -0.05) is 237 Å². The van der Waals surface area contributed by atoms with Gasteiger partial charge in [-0.15, -0.1) is 0 Å². The number of carbonyl (C=O) groups is 1. The number of rotatable bonds is 51. The molecule has 1 rings (SSSR count). The lowest BCUT2D eigenvalue weighted by Gasteiger charge is -2.41. The van der Waals surface area contributed by atoms with Crippen molar-refractivity contribution in [2.45, 2.75) is 301 Å². The molecule has 69 heavy (non-hydrogen) atoms. The summed E-state index contributed by atoms with van der Waals surface area (Å²) in [5, 5.41) is 30.8. The van der Waals surface area contributed by atoms with Crippen molar-refractivity contribution in [3.05, 3.63) is 24.3 Å². The van der Waals surface area contributed by atoms with E-state index in [9.17, 15) is 33.1 Å². The van der Waals surface area contributed by atoms with Crippen LogP contribution in [0.5, 0.6) is 0 Å². The third-order valence-electron chi connectivity index (χ3n) is 13.3. The average molecular weight is 1000 g/mol. The second-order valence-corrected chi connectivity index (χ2v) is 20.9. The Kier molecular flexibility index (Phi) is 45.2. The Balaban J connectivity index is 2.28. The smallest absolute Gasteiger partial charge is 0.397 e. The number of aliphatic hydroxyl groups excluding tert-OH is 3. The van der Waals surface area contributed by atoms with Gasteiger partial charge in [0, 0.05) is 13.0 Å². The Hall–Kier alpha value is -1.42. The lowest BCUT2D eigenvalue weighted by Crippen LogP contribution is -2.60. The SMILES string of the molecule is CCCCCCC/C=C\C/C=C\CCCCCCCCCCCCCCCC(=O)OC(COCCCCCCCCCCCCCCCCCCC)COC1OC(CO)C(O)C(OS(=O)(=O)O)C1O. The van der Waals surface area contributed by atoms with Gasteiger partial charge in [-0.05, 0) is 44.9 Å². The van der Waals surface area contributed by atoms with Crippen LogP contribution in [-0.4, -0.2) is 97.5 Å². The summed E-state index contributed by atoms with van der Waals surface area (Å²) in [5.41, 5.74) is 0. The van der Waals surface area contributed by atoms with Crippen LogP contribution in [0.4, 0.5) is 0 Å². The number of allylic oxidation sites excluding steroid dienone is 4. The number of hydrogen-bond donors (Lipinski definition) is 4. The van der Waals surface area contributed by atoms with Crippen LogP contribution in [-0.2, 0) is 38.3 Å². The molecule has 0 amide bonds. The maximum Gasteiger partial charge on any atom is 0.397 e. The molecule has 1 aliphatic rings. The van der Waals surface area contributed by atoms with Crippen LogP contribution in [0.1, 0.15) is 264 Å². The zero-order chi connectivity index (χ0) is 50.3. The lowest BCUT2D eigenvalue weighted by molar-refractivity contribution is -0.301. The van der Waals surface area contributed by atoms with Gasteiger partial charge in [0.25, 0.3) is 0 Å². The summed E-state index contributed by atoms with van der Waals surface area (Å²) < 4.78 is 59.4. The van der Waals surface area contributed by atoms with E-state index in [0.717, 1.165) is 44.9 Å². The monoisotopic (exact) mass is 1000 g/mol. The highest BCUT2D eigenvalue weighted by Crippen LogP contribution is 2.26. The van der Waals surface area contributed by atoms with Crippen LogP contribution in [0.25, 0.3) is 0 Å². The van der Waals surface area contributed by atoms with Gasteiger partial charge in [0.2, 0.25) is 0 Å². The van der Waals surface area contributed by atoms with E-state index in [-0.39, 0.29) is 19.6 Å². The number of aliphatic hydroxyl groups is 3. The van der Waals surface area contributed by atoms with E-state index >= 15 is 0 Å². The summed E-state index contributed by atoms with van der Waals surface area (Å²) in [7, 11) is -5.06. The average Bonchev–Trinajstić information content (AvgIpc) is 3.32. The fourth-order valence-electron chi connectivity index (χ4n) is 9.00. The van der Waals surface area contributed by atoms with Crippen molar-refractivity contribution in [3.63, 3.8) is 0 Å². The molecule has 1 saturated heterocycles. The molecule has 1 fully saturated rings. The summed E-state index contributed by atoms with van der Waals surface area (Å²) in [6.07, 6.45) is 47.8. The molecule has 0 bridgehead atoms. The van der Waals surface area contributed by atoms with Gasteiger partial charge in [0.1, 0.15) is 30.5 Å². The molecule has 0 spiro atoms. The molecule has 0 aliphatic carbocycles. The van der Waals surface area contributed by atoms with Gasteiger partial charge in [-0.3, -0.25) is 9.35 Å². The van der Waals surface area contributed by atoms with Crippen molar-refractivity contribution in [3.8, 4) is 0 Å². The van der Waals surface area contributed by atoms with Crippen molar-refractivity contribution < 1.29 is 56.2 Å². The molecule has 0 aromatic carbocycles. The second kappa shape index (κ2) is 47.6. The molecular formula is C56H106O12S. The first-order chi connectivity index (χ1) is 33.6. The Morgan fingerprint density at radius 1 is 0.551 bits per heavy atom. The molecule has 13 heteroatoms. The molecule has 6 unspecified atom stereocenters. The Morgan fingerprint density at radius 3 is 1.38 bits per heavy atom.